The molecule has 0 aromatic heterocycles. The third kappa shape index (κ3) is 7.72. The smallest absolute Gasteiger partial charge is 0.303 e. The van der Waals surface area contributed by atoms with E-state index in [2.05, 4.69) is 0 Å². The lowest BCUT2D eigenvalue weighted by Gasteiger charge is -2.07. The average Bonchev–Trinajstić information content (AvgIpc) is 2.14. The second-order valence-corrected chi connectivity index (χ2v) is 3.51. The quantitative estimate of drug-likeness (QED) is 0.455. The second kappa shape index (κ2) is 7.61. The number of aliphatic carboxylic acids is 2. The molecule has 0 aromatic rings. The van der Waals surface area contributed by atoms with E-state index < -0.39 is 22.9 Å². The maximum atomic E-state index is 10.6. The van der Waals surface area contributed by atoms with Gasteiger partial charge in [0.15, 0.2) is 0 Å². The number of nitrogens with zero attached hydrogens (tertiary/aromatic N) is 1. The summed E-state index contributed by atoms with van der Waals surface area (Å²) in [5.41, 5.74) is 0. The number of carbonyl (C=O) groups is 2. The van der Waals surface area contributed by atoms with E-state index in [-0.39, 0.29) is 38.5 Å². The Bertz CT molecular complexity index is 245. The molecule has 0 rings (SSSR count). The molecule has 0 fully saturated rings. The molecule has 7 heteroatoms. The molecular formula is C9H15NO6. The van der Waals surface area contributed by atoms with Crippen molar-refractivity contribution in [2.45, 2.75) is 44.6 Å². The molecule has 0 amide bonds. The maximum Gasteiger partial charge on any atom is 0.303 e. The zero-order valence-corrected chi connectivity index (χ0v) is 8.79. The molecule has 2 N–H and O–H groups in total. The van der Waals surface area contributed by atoms with E-state index in [1.54, 1.807) is 0 Å². The molecule has 0 aliphatic rings. The van der Waals surface area contributed by atoms with Crippen LogP contribution in [0.2, 0.25) is 0 Å². The molecule has 0 bridgehead atoms. The summed E-state index contributed by atoms with van der Waals surface area (Å²) in [6.07, 6.45) is 0.659. The first-order chi connectivity index (χ1) is 7.43. The highest BCUT2D eigenvalue weighted by molar-refractivity contribution is 5.66. The van der Waals surface area contributed by atoms with Crippen LogP contribution in [0.3, 0.4) is 0 Å². The third-order valence-corrected chi connectivity index (χ3v) is 2.15. The van der Waals surface area contributed by atoms with Gasteiger partial charge < -0.3 is 10.2 Å². The lowest BCUT2D eigenvalue weighted by molar-refractivity contribution is -0.524. The van der Waals surface area contributed by atoms with Gasteiger partial charge in [0.1, 0.15) is 0 Å². The van der Waals surface area contributed by atoms with Crippen LogP contribution < -0.4 is 0 Å². The van der Waals surface area contributed by atoms with Crippen LogP contribution in [0, 0.1) is 10.1 Å². The molecule has 0 radical (unpaired) electrons. The third-order valence-electron chi connectivity index (χ3n) is 2.15. The zero-order chi connectivity index (χ0) is 12.6. The Morgan fingerprint density at radius 3 is 1.69 bits per heavy atom. The van der Waals surface area contributed by atoms with Crippen molar-refractivity contribution in [2.24, 2.45) is 0 Å². The standard InChI is InChI=1S/C9H15NO6/c11-8(12)5-1-3-7(10(15)16)4-2-6-9(13)14/h7H,1-6H2,(H,11,12)(H,13,14). The van der Waals surface area contributed by atoms with Crippen LogP contribution in [-0.2, 0) is 9.59 Å². The van der Waals surface area contributed by atoms with Gasteiger partial charge in [-0.2, -0.15) is 0 Å². The van der Waals surface area contributed by atoms with Crippen molar-refractivity contribution in [3.05, 3.63) is 10.1 Å². The van der Waals surface area contributed by atoms with Gasteiger partial charge in [0.2, 0.25) is 6.04 Å². The van der Waals surface area contributed by atoms with Crippen molar-refractivity contribution in [2.75, 3.05) is 0 Å². The van der Waals surface area contributed by atoms with Crippen molar-refractivity contribution in [1.82, 2.24) is 0 Å². The Morgan fingerprint density at radius 2 is 1.44 bits per heavy atom. The Balaban J connectivity index is 3.84. The first-order valence-corrected chi connectivity index (χ1v) is 5.00. The molecule has 0 heterocycles. The molecule has 0 aromatic carbocycles. The molecule has 7 nitrogen and oxygen atoms in total. The minimum atomic E-state index is -0.979. The van der Waals surface area contributed by atoms with Crippen LogP contribution in [0.15, 0.2) is 0 Å². The van der Waals surface area contributed by atoms with Crippen LogP contribution in [-0.4, -0.2) is 33.1 Å². The van der Waals surface area contributed by atoms with Crippen LogP contribution >= 0.6 is 0 Å². The fraction of sp³-hybridized carbons (Fsp3) is 0.778. The molecule has 0 spiro atoms. The molecular weight excluding hydrogens is 218 g/mol. The Hall–Kier alpha value is -1.66. The van der Waals surface area contributed by atoms with Crippen molar-refractivity contribution in [3.63, 3.8) is 0 Å². The largest absolute Gasteiger partial charge is 0.481 e. The average molecular weight is 233 g/mol. The van der Waals surface area contributed by atoms with Crippen molar-refractivity contribution >= 4 is 11.9 Å². The molecule has 16 heavy (non-hydrogen) atoms. The number of carboxylic acids is 2. The van der Waals surface area contributed by atoms with Crippen LogP contribution in [0.4, 0.5) is 0 Å². The Kier molecular flexibility index (Phi) is 6.82. The van der Waals surface area contributed by atoms with Crippen LogP contribution in [0.1, 0.15) is 38.5 Å². The van der Waals surface area contributed by atoms with Gasteiger partial charge in [-0.15, -0.1) is 0 Å². The second-order valence-electron chi connectivity index (χ2n) is 3.51. The van der Waals surface area contributed by atoms with Crippen LogP contribution in [0.5, 0.6) is 0 Å². The summed E-state index contributed by atoms with van der Waals surface area (Å²) in [7, 11) is 0. The van der Waals surface area contributed by atoms with E-state index in [9.17, 15) is 19.7 Å². The topological polar surface area (TPSA) is 118 Å². The van der Waals surface area contributed by atoms with Crippen molar-refractivity contribution in [3.8, 4) is 0 Å². The summed E-state index contributed by atoms with van der Waals surface area (Å²) in [4.78, 5) is 30.5. The van der Waals surface area contributed by atoms with Gasteiger partial charge in [0.05, 0.1) is 0 Å². The van der Waals surface area contributed by atoms with Gasteiger partial charge >= 0.3 is 11.9 Å². The monoisotopic (exact) mass is 233 g/mol. The van der Waals surface area contributed by atoms with Gasteiger partial charge in [0.25, 0.3) is 0 Å². The molecule has 0 atom stereocenters. The maximum absolute atomic E-state index is 10.6. The fourth-order valence-corrected chi connectivity index (χ4v) is 1.33. The Morgan fingerprint density at radius 1 is 1.06 bits per heavy atom. The van der Waals surface area contributed by atoms with Gasteiger partial charge in [-0.3, -0.25) is 19.7 Å². The summed E-state index contributed by atoms with van der Waals surface area (Å²) in [6, 6.07) is -0.835. The number of hydrogen-bond donors (Lipinski definition) is 2. The lowest BCUT2D eigenvalue weighted by atomic mass is 10.0. The van der Waals surface area contributed by atoms with Crippen LogP contribution in [0.25, 0.3) is 0 Å². The minimum Gasteiger partial charge on any atom is -0.481 e. The van der Waals surface area contributed by atoms with Gasteiger partial charge in [-0.05, 0) is 12.8 Å². The van der Waals surface area contributed by atoms with Crippen molar-refractivity contribution < 1.29 is 24.7 Å². The summed E-state index contributed by atoms with van der Waals surface area (Å²) in [5.74, 6) is -1.96. The van der Waals surface area contributed by atoms with Gasteiger partial charge in [-0.25, -0.2) is 0 Å². The SMILES string of the molecule is O=C(O)CCCC(CCCC(=O)O)[N+](=O)[O-]. The van der Waals surface area contributed by atoms with E-state index in [1.165, 1.54) is 0 Å². The highest BCUT2D eigenvalue weighted by Crippen LogP contribution is 2.11. The number of rotatable bonds is 9. The summed E-state index contributed by atoms with van der Waals surface area (Å²) >= 11 is 0. The van der Waals surface area contributed by atoms with Gasteiger partial charge in [-0.1, -0.05) is 0 Å². The molecule has 0 aliphatic heterocycles. The highest BCUT2D eigenvalue weighted by Gasteiger charge is 2.19. The number of nitro groups is 1. The molecule has 0 saturated heterocycles. The summed E-state index contributed by atoms with van der Waals surface area (Å²) in [5, 5.41) is 27.3. The first kappa shape index (κ1) is 14.3. The molecule has 0 unspecified atom stereocenters. The summed E-state index contributed by atoms with van der Waals surface area (Å²) in [6.45, 7) is 0. The number of hydrogen-bond acceptors (Lipinski definition) is 4. The molecule has 0 saturated carbocycles. The highest BCUT2D eigenvalue weighted by atomic mass is 16.6. The van der Waals surface area contributed by atoms with E-state index >= 15 is 0 Å². The Labute approximate surface area is 92.2 Å². The predicted octanol–water partition coefficient (Wildman–Crippen LogP) is 1.14. The number of carboxylic acid groups (broad SMARTS) is 2. The van der Waals surface area contributed by atoms with E-state index in [0.717, 1.165) is 0 Å². The van der Waals surface area contributed by atoms with Gasteiger partial charge in [0, 0.05) is 30.6 Å². The predicted molar refractivity (Wildman–Crippen MR) is 53.8 cm³/mol. The molecule has 92 valence electrons. The summed E-state index contributed by atoms with van der Waals surface area (Å²) < 4.78 is 0. The normalized spacial score (nSPS) is 10.3. The van der Waals surface area contributed by atoms with E-state index in [0.29, 0.717) is 0 Å². The van der Waals surface area contributed by atoms with E-state index in [4.69, 9.17) is 10.2 Å². The lowest BCUT2D eigenvalue weighted by Crippen LogP contribution is -2.20. The first-order valence-electron chi connectivity index (χ1n) is 5.00. The zero-order valence-electron chi connectivity index (χ0n) is 8.79. The van der Waals surface area contributed by atoms with Crippen molar-refractivity contribution in [1.29, 1.82) is 0 Å². The fourth-order valence-electron chi connectivity index (χ4n) is 1.33. The molecule has 0 aliphatic carbocycles. The van der Waals surface area contributed by atoms with E-state index in [1.807, 2.05) is 0 Å². The minimum absolute atomic E-state index is 0.0940.